The van der Waals surface area contributed by atoms with Crippen LogP contribution in [-0.2, 0) is 4.79 Å². The molecule has 0 aliphatic carbocycles. The minimum Gasteiger partial charge on any atom is -0.479 e. The van der Waals surface area contributed by atoms with Crippen LogP contribution in [-0.4, -0.2) is 19.1 Å². The molecular weight excluding hydrogens is 228 g/mol. The zero-order chi connectivity index (χ0) is 13.4. The van der Waals surface area contributed by atoms with Crippen LogP contribution in [0.5, 0.6) is 5.75 Å². The van der Waals surface area contributed by atoms with Crippen molar-refractivity contribution in [1.29, 1.82) is 0 Å². The van der Waals surface area contributed by atoms with Crippen LogP contribution in [0.15, 0.2) is 18.2 Å². The second-order valence-electron chi connectivity index (χ2n) is 5.15. The molecule has 1 heterocycles. The number of hydrogen-bond acceptors (Lipinski definition) is 3. The van der Waals surface area contributed by atoms with E-state index in [-0.39, 0.29) is 11.9 Å². The van der Waals surface area contributed by atoms with Crippen LogP contribution in [0.25, 0.3) is 0 Å². The van der Waals surface area contributed by atoms with Crippen molar-refractivity contribution in [2.75, 3.05) is 11.9 Å². The lowest BCUT2D eigenvalue weighted by Gasteiger charge is -2.31. The maximum Gasteiger partial charge on any atom is 0.267 e. The molecule has 98 valence electrons. The van der Waals surface area contributed by atoms with Crippen molar-refractivity contribution in [3.05, 3.63) is 23.8 Å². The van der Waals surface area contributed by atoms with E-state index in [9.17, 15) is 4.79 Å². The summed E-state index contributed by atoms with van der Waals surface area (Å²) in [7, 11) is 1.77. The van der Waals surface area contributed by atoms with Gasteiger partial charge < -0.3 is 15.4 Å². The molecule has 0 spiro atoms. The molecule has 0 fully saturated rings. The molecule has 0 radical (unpaired) electrons. The highest BCUT2D eigenvalue weighted by molar-refractivity contribution is 5.99. The highest BCUT2D eigenvalue weighted by Crippen LogP contribution is 2.35. The summed E-state index contributed by atoms with van der Waals surface area (Å²) in [6, 6.07) is 5.79. The summed E-state index contributed by atoms with van der Waals surface area (Å²) >= 11 is 0. The third-order valence-electron chi connectivity index (χ3n) is 3.43. The summed E-state index contributed by atoms with van der Waals surface area (Å²) in [6.07, 6.45) is -0.424. The largest absolute Gasteiger partial charge is 0.479 e. The van der Waals surface area contributed by atoms with Gasteiger partial charge in [0, 0.05) is 13.1 Å². The van der Waals surface area contributed by atoms with E-state index >= 15 is 0 Å². The van der Waals surface area contributed by atoms with Crippen LogP contribution in [0.3, 0.4) is 0 Å². The molecule has 1 aromatic carbocycles. The molecule has 1 aliphatic heterocycles. The summed E-state index contributed by atoms with van der Waals surface area (Å²) in [5, 5.41) is 0. The number of likely N-dealkylation sites (N-methyl/N-ethyl adjacent to an activating group) is 1. The van der Waals surface area contributed by atoms with E-state index in [0.29, 0.717) is 5.92 Å². The molecule has 2 N–H and O–H groups in total. The molecule has 2 atom stereocenters. The average Bonchev–Trinajstić information content (AvgIpc) is 2.35. The predicted molar refractivity (Wildman–Crippen MR) is 71.7 cm³/mol. The molecule has 18 heavy (non-hydrogen) atoms. The Bertz CT molecular complexity index is 471. The number of fused-ring (bicyclic) bond motifs is 1. The van der Waals surface area contributed by atoms with Gasteiger partial charge >= 0.3 is 0 Å². The van der Waals surface area contributed by atoms with Crippen molar-refractivity contribution in [3.8, 4) is 5.75 Å². The van der Waals surface area contributed by atoms with Crippen LogP contribution in [0, 0.1) is 5.92 Å². The second-order valence-corrected chi connectivity index (χ2v) is 5.15. The SMILES string of the molecule is CC1Oc2ccc(C(N)C(C)C)cc2N(C)C1=O. The second kappa shape index (κ2) is 4.61. The van der Waals surface area contributed by atoms with Gasteiger partial charge in [0.15, 0.2) is 6.10 Å². The molecule has 0 saturated heterocycles. The van der Waals surface area contributed by atoms with Crippen LogP contribution in [0.2, 0.25) is 0 Å². The van der Waals surface area contributed by atoms with Crippen molar-refractivity contribution in [1.82, 2.24) is 0 Å². The Morgan fingerprint density at radius 3 is 2.67 bits per heavy atom. The van der Waals surface area contributed by atoms with Gasteiger partial charge in [0.2, 0.25) is 0 Å². The van der Waals surface area contributed by atoms with E-state index in [4.69, 9.17) is 10.5 Å². The van der Waals surface area contributed by atoms with Crippen LogP contribution >= 0.6 is 0 Å². The molecular formula is C14H20N2O2. The molecule has 1 amide bonds. The fraction of sp³-hybridized carbons (Fsp3) is 0.500. The Balaban J connectivity index is 2.40. The number of anilines is 1. The molecule has 2 rings (SSSR count). The Morgan fingerprint density at radius 1 is 1.39 bits per heavy atom. The third kappa shape index (κ3) is 2.08. The van der Waals surface area contributed by atoms with Crippen molar-refractivity contribution in [3.63, 3.8) is 0 Å². The molecule has 0 bridgehead atoms. The van der Waals surface area contributed by atoms with Gasteiger partial charge in [-0.1, -0.05) is 19.9 Å². The van der Waals surface area contributed by atoms with Gasteiger partial charge in [-0.05, 0) is 30.5 Å². The van der Waals surface area contributed by atoms with Gasteiger partial charge in [0.25, 0.3) is 5.91 Å². The Hall–Kier alpha value is -1.55. The van der Waals surface area contributed by atoms with Gasteiger partial charge in [-0.2, -0.15) is 0 Å². The highest BCUT2D eigenvalue weighted by atomic mass is 16.5. The van der Waals surface area contributed by atoms with Crippen LogP contribution in [0.1, 0.15) is 32.4 Å². The van der Waals surface area contributed by atoms with Crippen molar-refractivity contribution < 1.29 is 9.53 Å². The smallest absolute Gasteiger partial charge is 0.267 e. The number of nitrogens with two attached hydrogens (primary N) is 1. The van der Waals surface area contributed by atoms with Crippen molar-refractivity contribution in [2.45, 2.75) is 32.9 Å². The van der Waals surface area contributed by atoms with Crippen molar-refractivity contribution in [2.24, 2.45) is 11.7 Å². The lowest BCUT2D eigenvalue weighted by Crippen LogP contribution is -2.42. The van der Waals surface area contributed by atoms with E-state index in [0.717, 1.165) is 17.0 Å². The normalized spacial score (nSPS) is 20.7. The zero-order valence-corrected chi connectivity index (χ0v) is 11.3. The van der Waals surface area contributed by atoms with Gasteiger partial charge in [-0.25, -0.2) is 0 Å². The molecule has 4 nitrogen and oxygen atoms in total. The summed E-state index contributed by atoms with van der Waals surface area (Å²) in [4.78, 5) is 13.5. The Labute approximate surface area is 108 Å². The van der Waals surface area contributed by atoms with Gasteiger partial charge in [0.05, 0.1) is 5.69 Å². The van der Waals surface area contributed by atoms with Crippen LogP contribution in [0.4, 0.5) is 5.69 Å². The number of amides is 1. The van der Waals surface area contributed by atoms with E-state index in [1.165, 1.54) is 0 Å². The monoisotopic (exact) mass is 248 g/mol. The van der Waals surface area contributed by atoms with E-state index in [1.54, 1.807) is 18.9 Å². The molecule has 1 aliphatic rings. The first-order chi connectivity index (χ1) is 8.41. The van der Waals surface area contributed by atoms with Crippen LogP contribution < -0.4 is 15.4 Å². The maximum absolute atomic E-state index is 11.9. The number of ether oxygens (including phenoxy) is 1. The number of nitrogens with zero attached hydrogens (tertiary/aromatic N) is 1. The first-order valence-corrected chi connectivity index (χ1v) is 6.25. The van der Waals surface area contributed by atoms with Gasteiger partial charge in [-0.3, -0.25) is 4.79 Å². The number of carbonyl (C=O) groups excluding carboxylic acids is 1. The minimum atomic E-state index is -0.424. The molecule has 4 heteroatoms. The standard InChI is InChI=1S/C14H20N2O2/c1-8(2)13(15)10-5-6-12-11(7-10)16(4)14(17)9(3)18-12/h5-9,13H,15H2,1-4H3. The first kappa shape index (κ1) is 12.9. The summed E-state index contributed by atoms with van der Waals surface area (Å²) in [5.74, 6) is 1.06. The van der Waals surface area contributed by atoms with Crippen molar-refractivity contribution >= 4 is 11.6 Å². The lowest BCUT2D eigenvalue weighted by atomic mass is 9.96. The number of hydrogen-bond donors (Lipinski definition) is 1. The molecule has 2 unspecified atom stereocenters. The van der Waals surface area contributed by atoms with E-state index in [2.05, 4.69) is 13.8 Å². The van der Waals surface area contributed by atoms with E-state index in [1.807, 2.05) is 18.2 Å². The van der Waals surface area contributed by atoms with E-state index < -0.39 is 6.10 Å². The van der Waals surface area contributed by atoms with Gasteiger partial charge in [0.1, 0.15) is 5.75 Å². The number of benzene rings is 1. The number of rotatable bonds is 2. The fourth-order valence-electron chi connectivity index (χ4n) is 2.12. The maximum atomic E-state index is 11.9. The molecule has 0 aromatic heterocycles. The Morgan fingerprint density at radius 2 is 2.06 bits per heavy atom. The quantitative estimate of drug-likeness (QED) is 0.872. The molecule has 0 saturated carbocycles. The average molecular weight is 248 g/mol. The zero-order valence-electron chi connectivity index (χ0n) is 11.3. The fourth-order valence-corrected chi connectivity index (χ4v) is 2.12. The van der Waals surface area contributed by atoms with Gasteiger partial charge in [-0.15, -0.1) is 0 Å². The predicted octanol–water partition coefficient (Wildman–Crippen LogP) is 2.09. The Kier molecular flexibility index (Phi) is 3.30. The minimum absolute atomic E-state index is 0.0295. The first-order valence-electron chi connectivity index (χ1n) is 6.25. The topological polar surface area (TPSA) is 55.6 Å². The lowest BCUT2D eigenvalue weighted by molar-refractivity contribution is -0.125. The number of carbonyl (C=O) groups is 1. The molecule has 1 aromatic rings. The summed E-state index contributed by atoms with van der Waals surface area (Å²) < 4.78 is 5.58. The highest BCUT2D eigenvalue weighted by Gasteiger charge is 2.29. The third-order valence-corrected chi connectivity index (χ3v) is 3.43. The summed E-state index contributed by atoms with van der Waals surface area (Å²) in [6.45, 7) is 5.92. The summed E-state index contributed by atoms with van der Waals surface area (Å²) in [5.41, 5.74) is 7.96.